The van der Waals surface area contributed by atoms with Crippen LogP contribution in [0.5, 0.6) is 0 Å². The van der Waals surface area contributed by atoms with E-state index in [1.165, 1.54) is 0 Å². The van der Waals surface area contributed by atoms with Crippen LogP contribution in [0.3, 0.4) is 0 Å². The smallest absolute Gasteiger partial charge is 0.335 e. The van der Waals surface area contributed by atoms with E-state index in [0.29, 0.717) is 18.0 Å². The van der Waals surface area contributed by atoms with E-state index in [4.69, 9.17) is 21.8 Å². The van der Waals surface area contributed by atoms with Crippen molar-refractivity contribution in [1.29, 1.82) is 0 Å². The van der Waals surface area contributed by atoms with Crippen molar-refractivity contribution in [2.75, 3.05) is 13.2 Å². The maximum atomic E-state index is 10.9. The van der Waals surface area contributed by atoms with Crippen molar-refractivity contribution in [3.63, 3.8) is 0 Å². The van der Waals surface area contributed by atoms with Crippen LogP contribution in [-0.2, 0) is 13.1 Å². The van der Waals surface area contributed by atoms with Gasteiger partial charge in [0.2, 0.25) is 0 Å². The fourth-order valence-electron chi connectivity index (χ4n) is 2.41. The van der Waals surface area contributed by atoms with Gasteiger partial charge in [-0.1, -0.05) is 35.9 Å². The molecule has 0 aliphatic heterocycles. The lowest BCUT2D eigenvalue weighted by atomic mass is 10.1. The van der Waals surface area contributed by atoms with E-state index >= 15 is 0 Å². The van der Waals surface area contributed by atoms with Gasteiger partial charge in [-0.2, -0.15) is 0 Å². The maximum Gasteiger partial charge on any atom is 0.335 e. The summed E-state index contributed by atoms with van der Waals surface area (Å²) in [6.45, 7) is 2.31. The van der Waals surface area contributed by atoms with Gasteiger partial charge >= 0.3 is 5.97 Å². The average molecular weight is 334 g/mol. The van der Waals surface area contributed by atoms with Gasteiger partial charge in [-0.05, 0) is 41.8 Å². The number of benzene rings is 2. The van der Waals surface area contributed by atoms with Crippen LogP contribution in [-0.4, -0.2) is 34.2 Å². The zero-order valence-electron chi connectivity index (χ0n) is 12.8. The van der Waals surface area contributed by atoms with Crippen molar-refractivity contribution in [1.82, 2.24) is 4.90 Å². The van der Waals surface area contributed by atoms with Gasteiger partial charge < -0.3 is 10.2 Å². The molecular formula is C18H20ClNO3. The minimum absolute atomic E-state index is 0.143. The molecular weight excluding hydrogens is 314 g/mol. The molecule has 5 heteroatoms. The predicted octanol–water partition coefficient (Wildman–Crippen LogP) is 3.42. The average Bonchev–Trinajstić information content (AvgIpc) is 2.53. The van der Waals surface area contributed by atoms with Crippen molar-refractivity contribution >= 4 is 17.6 Å². The lowest BCUT2D eigenvalue weighted by Crippen LogP contribution is -2.24. The maximum absolute atomic E-state index is 10.9. The molecule has 0 radical (unpaired) electrons. The Morgan fingerprint density at radius 1 is 1.04 bits per heavy atom. The Hall–Kier alpha value is -1.88. The van der Waals surface area contributed by atoms with E-state index in [0.717, 1.165) is 24.2 Å². The normalized spacial score (nSPS) is 10.9. The Kier molecular flexibility index (Phi) is 6.59. The van der Waals surface area contributed by atoms with Crippen LogP contribution in [0.25, 0.3) is 0 Å². The Morgan fingerprint density at radius 3 is 2.35 bits per heavy atom. The highest BCUT2D eigenvalue weighted by molar-refractivity contribution is 6.30. The molecule has 0 unspecified atom stereocenters. The van der Waals surface area contributed by atoms with Gasteiger partial charge in [0, 0.05) is 31.3 Å². The molecule has 0 amide bonds. The van der Waals surface area contributed by atoms with Gasteiger partial charge in [-0.15, -0.1) is 0 Å². The summed E-state index contributed by atoms with van der Waals surface area (Å²) in [5.74, 6) is -0.924. The summed E-state index contributed by atoms with van der Waals surface area (Å²) in [5.41, 5.74) is 2.43. The number of aromatic carboxylic acids is 1. The molecule has 0 aliphatic carbocycles. The van der Waals surface area contributed by atoms with Gasteiger partial charge in [0.05, 0.1) is 5.56 Å². The number of halogens is 1. The molecule has 2 N–H and O–H groups in total. The van der Waals surface area contributed by atoms with Crippen LogP contribution >= 0.6 is 11.6 Å². The number of aliphatic hydroxyl groups is 1. The first-order valence-electron chi connectivity index (χ1n) is 7.48. The van der Waals surface area contributed by atoms with Gasteiger partial charge in [0.15, 0.2) is 0 Å². The SMILES string of the molecule is O=C(O)c1ccc(CN(CCCO)Cc2cccc(Cl)c2)cc1. The fraction of sp³-hybridized carbons (Fsp3) is 0.278. The molecule has 0 aliphatic rings. The number of carboxylic acid groups (broad SMARTS) is 1. The van der Waals surface area contributed by atoms with E-state index in [2.05, 4.69) is 4.90 Å². The number of aliphatic hydroxyl groups excluding tert-OH is 1. The van der Waals surface area contributed by atoms with Crippen LogP contribution in [0, 0.1) is 0 Å². The lowest BCUT2D eigenvalue weighted by Gasteiger charge is -2.22. The molecule has 2 aromatic rings. The first-order valence-corrected chi connectivity index (χ1v) is 7.86. The van der Waals surface area contributed by atoms with E-state index in [1.54, 1.807) is 12.1 Å². The quantitative estimate of drug-likeness (QED) is 0.777. The first-order chi connectivity index (χ1) is 11.1. The Bertz CT molecular complexity index is 643. The second kappa shape index (κ2) is 8.67. The molecule has 0 aromatic heterocycles. The summed E-state index contributed by atoms with van der Waals surface area (Å²) in [6.07, 6.45) is 0.688. The van der Waals surface area contributed by atoms with Crippen molar-refractivity contribution < 1.29 is 15.0 Å². The molecule has 0 saturated carbocycles. The van der Waals surface area contributed by atoms with Crippen molar-refractivity contribution in [3.05, 3.63) is 70.2 Å². The number of hydrogen-bond acceptors (Lipinski definition) is 3. The molecule has 0 spiro atoms. The standard InChI is InChI=1S/C18H20ClNO3/c19-17-4-1-3-15(11-17)13-20(9-2-10-21)12-14-5-7-16(8-6-14)18(22)23/h1,3-8,11,21H,2,9-10,12-13H2,(H,22,23). The molecule has 122 valence electrons. The molecule has 0 atom stereocenters. The number of rotatable bonds is 8. The number of nitrogens with zero attached hydrogens (tertiary/aromatic N) is 1. The lowest BCUT2D eigenvalue weighted by molar-refractivity contribution is 0.0697. The van der Waals surface area contributed by atoms with E-state index in [9.17, 15) is 4.79 Å². The third-order valence-electron chi connectivity index (χ3n) is 3.53. The van der Waals surface area contributed by atoms with Crippen LogP contribution < -0.4 is 0 Å². The monoisotopic (exact) mass is 333 g/mol. The van der Waals surface area contributed by atoms with Crippen LogP contribution in [0.2, 0.25) is 5.02 Å². The molecule has 0 saturated heterocycles. The van der Waals surface area contributed by atoms with Gasteiger partial charge in [-0.3, -0.25) is 4.90 Å². The highest BCUT2D eigenvalue weighted by atomic mass is 35.5. The number of carboxylic acids is 1. The molecule has 4 nitrogen and oxygen atoms in total. The zero-order chi connectivity index (χ0) is 16.7. The summed E-state index contributed by atoms with van der Waals surface area (Å²) < 4.78 is 0. The third kappa shape index (κ3) is 5.67. The van der Waals surface area contributed by atoms with Gasteiger partial charge in [-0.25, -0.2) is 4.79 Å². The summed E-state index contributed by atoms with van der Waals surface area (Å²) in [7, 11) is 0. The number of hydrogen-bond donors (Lipinski definition) is 2. The second-order valence-electron chi connectivity index (χ2n) is 5.42. The largest absolute Gasteiger partial charge is 0.478 e. The van der Waals surface area contributed by atoms with E-state index in [-0.39, 0.29) is 12.2 Å². The summed E-state index contributed by atoms with van der Waals surface area (Å²) >= 11 is 6.03. The highest BCUT2D eigenvalue weighted by Crippen LogP contribution is 2.15. The molecule has 0 bridgehead atoms. The third-order valence-corrected chi connectivity index (χ3v) is 3.77. The van der Waals surface area contributed by atoms with Crippen molar-refractivity contribution in [3.8, 4) is 0 Å². The van der Waals surface area contributed by atoms with Gasteiger partial charge in [0.25, 0.3) is 0 Å². The summed E-state index contributed by atoms with van der Waals surface area (Å²) in [6, 6.07) is 14.6. The fourth-order valence-corrected chi connectivity index (χ4v) is 2.63. The van der Waals surface area contributed by atoms with Gasteiger partial charge in [0.1, 0.15) is 0 Å². The Morgan fingerprint density at radius 2 is 1.74 bits per heavy atom. The van der Waals surface area contributed by atoms with Crippen LogP contribution in [0.15, 0.2) is 48.5 Å². The molecule has 23 heavy (non-hydrogen) atoms. The Balaban J connectivity index is 2.06. The van der Waals surface area contributed by atoms with Crippen molar-refractivity contribution in [2.45, 2.75) is 19.5 Å². The topological polar surface area (TPSA) is 60.8 Å². The van der Waals surface area contributed by atoms with E-state index in [1.807, 2.05) is 36.4 Å². The summed E-state index contributed by atoms with van der Waals surface area (Å²) in [5, 5.41) is 18.7. The molecule has 2 rings (SSSR count). The second-order valence-corrected chi connectivity index (χ2v) is 5.86. The zero-order valence-corrected chi connectivity index (χ0v) is 13.5. The molecule has 0 fully saturated rings. The van der Waals surface area contributed by atoms with Crippen LogP contribution in [0.4, 0.5) is 0 Å². The number of carbonyl (C=O) groups is 1. The van der Waals surface area contributed by atoms with Crippen LogP contribution in [0.1, 0.15) is 27.9 Å². The van der Waals surface area contributed by atoms with Crippen molar-refractivity contribution in [2.24, 2.45) is 0 Å². The Labute approximate surface area is 140 Å². The highest BCUT2D eigenvalue weighted by Gasteiger charge is 2.09. The van der Waals surface area contributed by atoms with E-state index < -0.39 is 5.97 Å². The predicted molar refractivity (Wildman–Crippen MR) is 90.7 cm³/mol. The minimum atomic E-state index is -0.924. The first kappa shape index (κ1) is 17.5. The molecule has 2 aromatic carbocycles. The minimum Gasteiger partial charge on any atom is -0.478 e. The molecule has 0 heterocycles. The summed E-state index contributed by atoms with van der Waals surface area (Å²) in [4.78, 5) is 13.1.